The minimum Gasteiger partial charge on any atom is -0.378 e. The molecule has 0 amide bonds. The van der Waals surface area contributed by atoms with E-state index in [0.29, 0.717) is 6.54 Å². The molecule has 0 aliphatic rings. The van der Waals surface area contributed by atoms with Crippen molar-refractivity contribution in [3.63, 3.8) is 0 Å². The Morgan fingerprint density at radius 1 is 1.42 bits per heavy atom. The third-order valence-corrected chi connectivity index (χ3v) is 2.88. The molecule has 2 aromatic rings. The van der Waals surface area contributed by atoms with Crippen LogP contribution in [0.2, 0.25) is 0 Å². The zero-order valence-corrected chi connectivity index (χ0v) is 11.3. The maximum atomic E-state index is 10.9. The fourth-order valence-corrected chi connectivity index (χ4v) is 1.98. The lowest BCUT2D eigenvalue weighted by Crippen LogP contribution is -2.08. The Balaban J connectivity index is 2.20. The van der Waals surface area contributed by atoms with E-state index in [1.54, 1.807) is 0 Å². The van der Waals surface area contributed by atoms with E-state index < -0.39 is 4.92 Å². The summed E-state index contributed by atoms with van der Waals surface area (Å²) in [5, 5.41) is 13.8. The summed E-state index contributed by atoms with van der Waals surface area (Å²) in [5.41, 5.74) is 6.13. The van der Waals surface area contributed by atoms with Crippen LogP contribution >= 0.6 is 15.9 Å². The van der Waals surface area contributed by atoms with Crippen molar-refractivity contribution in [2.24, 2.45) is 0 Å². The summed E-state index contributed by atoms with van der Waals surface area (Å²) in [4.78, 5) is 17.8. The van der Waals surface area contributed by atoms with Crippen molar-refractivity contribution in [1.29, 1.82) is 0 Å². The summed E-state index contributed by atoms with van der Waals surface area (Å²) in [6.45, 7) is 0.400. The van der Waals surface area contributed by atoms with Crippen LogP contribution in [0.1, 0.15) is 5.56 Å². The van der Waals surface area contributed by atoms with Gasteiger partial charge in [0.2, 0.25) is 11.6 Å². The minimum atomic E-state index is -0.599. The van der Waals surface area contributed by atoms with E-state index in [0.717, 1.165) is 10.0 Å². The van der Waals surface area contributed by atoms with Gasteiger partial charge in [-0.2, -0.15) is 0 Å². The standard InChI is InChI=1S/C11H10BrN5O2/c12-8-3-1-2-7(4-8)5-14-11-9(17(18)19)10(13)15-6-16-11/h1-4,6H,5H2,(H3,13,14,15,16). The molecule has 8 heteroatoms. The van der Waals surface area contributed by atoms with E-state index in [2.05, 4.69) is 31.2 Å². The SMILES string of the molecule is Nc1ncnc(NCc2cccc(Br)c2)c1[N+](=O)[O-]. The number of nitrogen functional groups attached to an aromatic ring is 1. The van der Waals surface area contributed by atoms with Gasteiger partial charge in [0, 0.05) is 11.0 Å². The lowest BCUT2D eigenvalue weighted by atomic mass is 10.2. The maximum absolute atomic E-state index is 10.9. The third-order valence-electron chi connectivity index (χ3n) is 2.38. The number of nitrogens with zero attached hydrogens (tertiary/aromatic N) is 3. The highest BCUT2D eigenvalue weighted by molar-refractivity contribution is 9.10. The monoisotopic (exact) mass is 323 g/mol. The Hall–Kier alpha value is -2.22. The molecule has 0 fully saturated rings. The molecule has 0 spiro atoms. The van der Waals surface area contributed by atoms with Crippen LogP contribution < -0.4 is 11.1 Å². The Morgan fingerprint density at radius 3 is 2.89 bits per heavy atom. The van der Waals surface area contributed by atoms with Crippen LogP contribution in [-0.4, -0.2) is 14.9 Å². The van der Waals surface area contributed by atoms with E-state index >= 15 is 0 Å². The average molecular weight is 324 g/mol. The number of benzene rings is 1. The molecule has 0 atom stereocenters. The molecule has 0 radical (unpaired) electrons. The van der Waals surface area contributed by atoms with Gasteiger partial charge in [0.15, 0.2) is 0 Å². The zero-order valence-electron chi connectivity index (χ0n) is 9.71. The number of halogens is 1. The number of anilines is 2. The summed E-state index contributed by atoms with van der Waals surface area (Å²) < 4.78 is 0.934. The van der Waals surface area contributed by atoms with Gasteiger partial charge in [-0.25, -0.2) is 9.97 Å². The molecule has 19 heavy (non-hydrogen) atoms. The second kappa shape index (κ2) is 5.61. The molecule has 0 bridgehead atoms. The van der Waals surface area contributed by atoms with Crippen LogP contribution in [0.3, 0.4) is 0 Å². The van der Waals surface area contributed by atoms with Crippen molar-refractivity contribution in [2.45, 2.75) is 6.54 Å². The molecule has 0 aliphatic carbocycles. The highest BCUT2D eigenvalue weighted by atomic mass is 79.9. The van der Waals surface area contributed by atoms with Crippen LogP contribution in [-0.2, 0) is 6.54 Å². The first-order valence-corrected chi connectivity index (χ1v) is 6.10. The molecule has 0 unspecified atom stereocenters. The minimum absolute atomic E-state index is 0.109. The van der Waals surface area contributed by atoms with Crippen molar-refractivity contribution < 1.29 is 4.92 Å². The van der Waals surface area contributed by atoms with Crippen LogP contribution in [0.15, 0.2) is 35.1 Å². The molecule has 0 aliphatic heterocycles. The first-order chi connectivity index (χ1) is 9.08. The number of nitrogens with two attached hydrogens (primary N) is 1. The second-order valence-electron chi connectivity index (χ2n) is 3.70. The van der Waals surface area contributed by atoms with Crippen molar-refractivity contribution in [3.05, 3.63) is 50.7 Å². The number of rotatable bonds is 4. The summed E-state index contributed by atoms with van der Waals surface area (Å²) in [7, 11) is 0. The van der Waals surface area contributed by atoms with Crippen LogP contribution in [0.4, 0.5) is 17.3 Å². The molecule has 7 nitrogen and oxygen atoms in total. The topological polar surface area (TPSA) is 107 Å². The van der Waals surface area contributed by atoms with Crippen LogP contribution in [0.5, 0.6) is 0 Å². The van der Waals surface area contributed by atoms with Gasteiger partial charge < -0.3 is 11.1 Å². The number of hydrogen-bond donors (Lipinski definition) is 2. The number of hydrogen-bond acceptors (Lipinski definition) is 6. The molecular formula is C11H10BrN5O2. The first-order valence-electron chi connectivity index (χ1n) is 5.31. The summed E-state index contributed by atoms with van der Waals surface area (Å²) in [5.74, 6) is -0.0470. The molecule has 0 saturated carbocycles. The number of nitrogens with one attached hydrogen (secondary N) is 1. The number of nitro groups is 1. The third kappa shape index (κ3) is 3.16. The first kappa shape index (κ1) is 13.2. The van der Waals surface area contributed by atoms with Gasteiger partial charge in [0.05, 0.1) is 4.92 Å². The number of aromatic nitrogens is 2. The molecule has 0 saturated heterocycles. The molecule has 2 rings (SSSR count). The van der Waals surface area contributed by atoms with Crippen molar-refractivity contribution in [3.8, 4) is 0 Å². The molecule has 3 N–H and O–H groups in total. The lowest BCUT2D eigenvalue weighted by molar-refractivity contribution is -0.383. The Morgan fingerprint density at radius 2 is 2.21 bits per heavy atom. The van der Waals surface area contributed by atoms with E-state index in [1.807, 2.05) is 24.3 Å². The van der Waals surface area contributed by atoms with E-state index in [1.165, 1.54) is 6.33 Å². The highest BCUT2D eigenvalue weighted by Crippen LogP contribution is 2.26. The van der Waals surface area contributed by atoms with Crippen LogP contribution in [0.25, 0.3) is 0 Å². The van der Waals surface area contributed by atoms with Crippen molar-refractivity contribution in [1.82, 2.24) is 9.97 Å². The van der Waals surface area contributed by atoms with Crippen molar-refractivity contribution in [2.75, 3.05) is 11.1 Å². The fraction of sp³-hybridized carbons (Fsp3) is 0.0909. The Bertz CT molecular complexity index is 620. The quantitative estimate of drug-likeness (QED) is 0.660. The molecule has 1 heterocycles. The lowest BCUT2D eigenvalue weighted by Gasteiger charge is -2.07. The van der Waals surface area contributed by atoms with Gasteiger partial charge in [-0.05, 0) is 17.7 Å². The fourth-order valence-electron chi connectivity index (χ4n) is 1.53. The Kier molecular flexibility index (Phi) is 3.91. The summed E-state index contributed by atoms with van der Waals surface area (Å²) in [6.07, 6.45) is 1.19. The molecule has 1 aromatic carbocycles. The van der Waals surface area contributed by atoms with Gasteiger partial charge >= 0.3 is 5.69 Å². The van der Waals surface area contributed by atoms with Gasteiger partial charge in [0.25, 0.3) is 0 Å². The Labute approximate surface area is 117 Å². The predicted molar refractivity (Wildman–Crippen MR) is 74.6 cm³/mol. The predicted octanol–water partition coefficient (Wildman–Crippen LogP) is 2.34. The smallest absolute Gasteiger partial charge is 0.352 e. The van der Waals surface area contributed by atoms with Gasteiger partial charge in [-0.15, -0.1) is 0 Å². The largest absolute Gasteiger partial charge is 0.378 e. The summed E-state index contributed by atoms with van der Waals surface area (Å²) >= 11 is 3.36. The maximum Gasteiger partial charge on any atom is 0.352 e. The summed E-state index contributed by atoms with van der Waals surface area (Å²) in [6, 6.07) is 7.58. The van der Waals surface area contributed by atoms with Gasteiger partial charge in [-0.3, -0.25) is 10.1 Å². The normalized spacial score (nSPS) is 10.2. The van der Waals surface area contributed by atoms with Gasteiger partial charge in [-0.1, -0.05) is 28.1 Å². The molecule has 1 aromatic heterocycles. The van der Waals surface area contributed by atoms with E-state index in [-0.39, 0.29) is 17.3 Å². The van der Waals surface area contributed by atoms with Gasteiger partial charge in [0.1, 0.15) is 6.33 Å². The van der Waals surface area contributed by atoms with Crippen molar-refractivity contribution >= 4 is 33.3 Å². The van der Waals surface area contributed by atoms with E-state index in [9.17, 15) is 10.1 Å². The highest BCUT2D eigenvalue weighted by Gasteiger charge is 2.20. The average Bonchev–Trinajstić information content (AvgIpc) is 2.36. The second-order valence-corrected chi connectivity index (χ2v) is 4.61. The van der Waals surface area contributed by atoms with Crippen LogP contribution in [0, 0.1) is 10.1 Å². The molecular weight excluding hydrogens is 314 g/mol. The molecule has 98 valence electrons. The van der Waals surface area contributed by atoms with E-state index in [4.69, 9.17) is 5.73 Å². The zero-order chi connectivity index (χ0) is 13.8.